The van der Waals surface area contributed by atoms with E-state index in [9.17, 15) is 5.11 Å². The average molecular weight is 332 g/mol. The van der Waals surface area contributed by atoms with E-state index in [4.69, 9.17) is 0 Å². The summed E-state index contributed by atoms with van der Waals surface area (Å²) in [7, 11) is 0. The molecule has 16 heavy (non-hydrogen) atoms. The van der Waals surface area contributed by atoms with E-state index in [0.29, 0.717) is 23.8 Å². The number of aliphatic hydroxyl groups is 1. The van der Waals surface area contributed by atoms with Crippen LogP contribution in [0, 0.1) is 15.5 Å². The Labute approximate surface area is 109 Å². The lowest BCUT2D eigenvalue weighted by atomic mass is 10.1. The monoisotopic (exact) mass is 332 g/mol. The zero-order valence-electron chi connectivity index (χ0n) is 9.60. The van der Waals surface area contributed by atoms with Crippen molar-refractivity contribution in [3.63, 3.8) is 0 Å². The smallest absolute Gasteiger partial charge is 0.119 e. The molecule has 2 aliphatic rings. The lowest BCUT2D eigenvalue weighted by molar-refractivity contribution is 0.161. The van der Waals surface area contributed by atoms with E-state index >= 15 is 0 Å². The van der Waals surface area contributed by atoms with E-state index in [2.05, 4.69) is 52.2 Å². The number of aromatic nitrogens is 2. The summed E-state index contributed by atoms with van der Waals surface area (Å²) in [6, 6.07) is 0.622. The fourth-order valence-corrected chi connectivity index (χ4v) is 3.78. The van der Waals surface area contributed by atoms with E-state index in [-0.39, 0.29) is 6.10 Å². The van der Waals surface area contributed by atoms with Gasteiger partial charge in [-0.15, -0.1) is 0 Å². The molecule has 0 amide bonds. The molecule has 0 saturated heterocycles. The van der Waals surface area contributed by atoms with Crippen molar-refractivity contribution in [2.45, 2.75) is 44.8 Å². The van der Waals surface area contributed by atoms with E-state index < -0.39 is 0 Å². The Bertz CT molecular complexity index is 403. The van der Waals surface area contributed by atoms with Gasteiger partial charge in [0.2, 0.25) is 0 Å². The molecule has 2 aliphatic carbocycles. The van der Waals surface area contributed by atoms with Gasteiger partial charge in [-0.2, -0.15) is 0 Å². The number of hydrogen-bond acceptors (Lipinski definition) is 2. The second kappa shape index (κ2) is 3.70. The second-order valence-corrected chi connectivity index (χ2v) is 6.53. The number of hydrogen-bond donors (Lipinski definition) is 1. The van der Waals surface area contributed by atoms with Crippen LogP contribution >= 0.6 is 22.6 Å². The zero-order valence-corrected chi connectivity index (χ0v) is 11.8. The molecule has 88 valence electrons. The molecule has 3 rings (SSSR count). The van der Waals surface area contributed by atoms with Crippen LogP contribution in [-0.4, -0.2) is 20.8 Å². The molecule has 0 bridgehead atoms. The molecule has 0 aliphatic heterocycles. The van der Waals surface area contributed by atoms with Crippen molar-refractivity contribution in [2.24, 2.45) is 11.8 Å². The SMILES string of the molecule is CC(C)c1nc(I)cn1C1C2CC(O)CC21. The standard InChI is InChI=1S/C12H17IN2O/c1-6(2)12-14-10(13)5-15(12)11-8-3-7(16)4-9(8)11/h5-9,11,16H,3-4H2,1-2H3. The van der Waals surface area contributed by atoms with Gasteiger partial charge in [0.25, 0.3) is 0 Å². The van der Waals surface area contributed by atoms with Crippen molar-refractivity contribution >= 4 is 22.6 Å². The van der Waals surface area contributed by atoms with Gasteiger partial charge < -0.3 is 9.67 Å². The van der Waals surface area contributed by atoms with E-state index in [0.717, 1.165) is 16.5 Å². The molecule has 2 fully saturated rings. The molecule has 2 atom stereocenters. The maximum atomic E-state index is 9.55. The van der Waals surface area contributed by atoms with Gasteiger partial charge in [-0.1, -0.05) is 13.8 Å². The maximum Gasteiger partial charge on any atom is 0.119 e. The van der Waals surface area contributed by atoms with Crippen LogP contribution in [0.2, 0.25) is 0 Å². The number of fused-ring (bicyclic) bond motifs is 1. The first-order valence-electron chi connectivity index (χ1n) is 6.00. The van der Waals surface area contributed by atoms with Crippen LogP contribution < -0.4 is 0 Å². The number of rotatable bonds is 2. The Morgan fingerprint density at radius 1 is 1.44 bits per heavy atom. The van der Waals surface area contributed by atoms with Gasteiger partial charge >= 0.3 is 0 Å². The Morgan fingerprint density at radius 3 is 2.62 bits per heavy atom. The topological polar surface area (TPSA) is 38.0 Å². The summed E-state index contributed by atoms with van der Waals surface area (Å²) in [6.45, 7) is 4.39. The summed E-state index contributed by atoms with van der Waals surface area (Å²) >= 11 is 2.29. The summed E-state index contributed by atoms with van der Waals surface area (Å²) < 4.78 is 3.46. The van der Waals surface area contributed by atoms with Crippen molar-refractivity contribution in [3.05, 3.63) is 15.7 Å². The van der Waals surface area contributed by atoms with Crippen molar-refractivity contribution < 1.29 is 5.11 Å². The quantitative estimate of drug-likeness (QED) is 0.846. The summed E-state index contributed by atoms with van der Waals surface area (Å²) in [6.07, 6.45) is 4.10. The third-order valence-corrected chi connectivity index (χ3v) is 4.46. The predicted octanol–water partition coefficient (Wildman–Crippen LogP) is 2.55. The van der Waals surface area contributed by atoms with Gasteiger partial charge in [-0.3, -0.25) is 0 Å². The largest absolute Gasteiger partial charge is 0.393 e. The molecule has 0 radical (unpaired) electrons. The van der Waals surface area contributed by atoms with Crippen molar-refractivity contribution in [2.75, 3.05) is 0 Å². The second-order valence-electron chi connectivity index (χ2n) is 5.43. The molecule has 1 aromatic rings. The highest BCUT2D eigenvalue weighted by Gasteiger charge is 2.57. The van der Waals surface area contributed by atoms with Gasteiger partial charge in [0.15, 0.2) is 0 Å². The molecular weight excluding hydrogens is 315 g/mol. The highest BCUT2D eigenvalue weighted by Crippen LogP contribution is 2.61. The van der Waals surface area contributed by atoms with Gasteiger partial charge in [0.1, 0.15) is 9.53 Å². The summed E-state index contributed by atoms with van der Waals surface area (Å²) in [5, 5.41) is 9.55. The van der Waals surface area contributed by atoms with Crippen LogP contribution in [0.1, 0.15) is 44.5 Å². The summed E-state index contributed by atoms with van der Waals surface area (Å²) in [4.78, 5) is 4.60. The molecule has 0 spiro atoms. The highest BCUT2D eigenvalue weighted by molar-refractivity contribution is 14.1. The van der Waals surface area contributed by atoms with Crippen LogP contribution in [0.3, 0.4) is 0 Å². The first-order chi connectivity index (χ1) is 7.58. The minimum atomic E-state index is -0.0451. The number of nitrogens with zero attached hydrogens (tertiary/aromatic N) is 2. The minimum Gasteiger partial charge on any atom is -0.393 e. The van der Waals surface area contributed by atoms with Crippen molar-refractivity contribution in [1.29, 1.82) is 0 Å². The third-order valence-electron chi connectivity index (χ3n) is 3.94. The average Bonchev–Trinajstić information content (AvgIpc) is 2.60. The molecule has 2 unspecified atom stereocenters. The van der Waals surface area contributed by atoms with Gasteiger partial charge in [-0.05, 0) is 47.3 Å². The minimum absolute atomic E-state index is 0.0451. The fourth-order valence-electron chi connectivity index (χ4n) is 3.23. The highest BCUT2D eigenvalue weighted by atomic mass is 127. The lowest BCUT2D eigenvalue weighted by Crippen LogP contribution is -2.11. The molecular formula is C12H17IN2O. The van der Waals surface area contributed by atoms with Crippen molar-refractivity contribution in [3.8, 4) is 0 Å². The van der Waals surface area contributed by atoms with E-state index in [1.807, 2.05) is 0 Å². The number of imidazole rings is 1. The fraction of sp³-hybridized carbons (Fsp3) is 0.750. The van der Waals surface area contributed by atoms with Gasteiger partial charge in [-0.25, -0.2) is 4.98 Å². The maximum absolute atomic E-state index is 9.55. The third kappa shape index (κ3) is 1.61. The van der Waals surface area contributed by atoms with Crippen LogP contribution in [0.5, 0.6) is 0 Å². The van der Waals surface area contributed by atoms with Gasteiger partial charge in [0.05, 0.1) is 6.10 Å². The molecule has 2 saturated carbocycles. The van der Waals surface area contributed by atoms with Crippen molar-refractivity contribution in [1.82, 2.24) is 9.55 Å². The molecule has 1 N–H and O–H groups in total. The molecule has 1 heterocycles. The van der Waals surface area contributed by atoms with Crippen LogP contribution in [0.25, 0.3) is 0 Å². The number of halogens is 1. The van der Waals surface area contributed by atoms with Crippen LogP contribution in [0.15, 0.2) is 6.20 Å². The molecule has 4 heteroatoms. The predicted molar refractivity (Wildman–Crippen MR) is 70.3 cm³/mol. The zero-order chi connectivity index (χ0) is 11.4. The lowest BCUT2D eigenvalue weighted by Gasteiger charge is -2.13. The van der Waals surface area contributed by atoms with E-state index in [1.165, 1.54) is 5.82 Å². The van der Waals surface area contributed by atoms with Crippen LogP contribution in [-0.2, 0) is 0 Å². The normalized spacial score (nSPS) is 36.8. The molecule has 0 aromatic carbocycles. The van der Waals surface area contributed by atoms with Gasteiger partial charge in [0, 0.05) is 18.2 Å². The summed E-state index contributed by atoms with van der Waals surface area (Å²) in [5.74, 6) is 3.10. The van der Waals surface area contributed by atoms with Crippen LogP contribution in [0.4, 0.5) is 0 Å². The Balaban J connectivity index is 1.86. The Morgan fingerprint density at radius 2 is 2.06 bits per heavy atom. The first kappa shape index (κ1) is 11.0. The Hall–Kier alpha value is -0.100. The number of aliphatic hydroxyl groups excluding tert-OH is 1. The molecule has 3 nitrogen and oxygen atoms in total. The molecule has 1 aromatic heterocycles. The van der Waals surface area contributed by atoms with E-state index in [1.54, 1.807) is 0 Å². The Kier molecular flexibility index (Phi) is 2.55. The summed E-state index contributed by atoms with van der Waals surface area (Å²) in [5.41, 5.74) is 0. The first-order valence-corrected chi connectivity index (χ1v) is 7.08.